The molecule has 3 heterocycles. The fourth-order valence-electron chi connectivity index (χ4n) is 3.40. The first kappa shape index (κ1) is 20.1. The lowest BCUT2D eigenvalue weighted by atomic mass is 10.2. The summed E-state index contributed by atoms with van der Waals surface area (Å²) in [7, 11) is -3.45. The number of rotatable bonds is 5. The lowest BCUT2D eigenvalue weighted by Gasteiger charge is -2.36. The molecule has 1 amide bonds. The normalized spacial score (nSPS) is 18.9. The molecule has 2 aliphatic rings. The average Bonchev–Trinajstić information content (AvgIpc) is 3.29. The van der Waals surface area contributed by atoms with Gasteiger partial charge in [-0.2, -0.15) is 4.31 Å². The minimum atomic E-state index is -3.45. The first-order valence-corrected chi connectivity index (χ1v) is 11.8. The molecule has 0 radical (unpaired) electrons. The summed E-state index contributed by atoms with van der Waals surface area (Å²) in [6.07, 6.45) is 0. The highest BCUT2D eigenvalue weighted by molar-refractivity contribution is 7.91. The maximum atomic E-state index is 12.7. The van der Waals surface area contributed by atoms with Gasteiger partial charge in [0, 0.05) is 37.9 Å². The number of thiophene rings is 1. The highest BCUT2D eigenvalue weighted by Crippen LogP contribution is 2.32. The Kier molecular flexibility index (Phi) is 5.77. The van der Waals surface area contributed by atoms with Crippen molar-refractivity contribution in [2.45, 2.75) is 17.2 Å². The second-order valence-electron chi connectivity index (χ2n) is 6.90. The van der Waals surface area contributed by atoms with Crippen LogP contribution in [0.25, 0.3) is 0 Å². The van der Waals surface area contributed by atoms with E-state index < -0.39 is 10.0 Å². The van der Waals surface area contributed by atoms with Crippen molar-refractivity contribution in [1.29, 1.82) is 0 Å². The standard InChI is InChI=1S/C19H23N3O5S2/c1-14(19(23)20-15-4-5-16-17(13-15)27-11-10-26-16)21-6-8-22(9-7-21)29(24,25)18-3-2-12-28-18/h2-5,12-14H,6-11H2,1H3,(H,20,23). The zero-order chi connectivity index (χ0) is 20.4. The van der Waals surface area contributed by atoms with Gasteiger partial charge < -0.3 is 14.8 Å². The van der Waals surface area contributed by atoms with Crippen molar-refractivity contribution in [3.05, 3.63) is 35.7 Å². The van der Waals surface area contributed by atoms with Crippen molar-refractivity contribution in [3.63, 3.8) is 0 Å². The van der Waals surface area contributed by atoms with Crippen molar-refractivity contribution in [3.8, 4) is 11.5 Å². The Balaban J connectivity index is 1.34. The van der Waals surface area contributed by atoms with Crippen LogP contribution in [0.2, 0.25) is 0 Å². The molecule has 1 saturated heterocycles. The predicted molar refractivity (Wildman–Crippen MR) is 110 cm³/mol. The Labute approximate surface area is 174 Å². The number of ether oxygens (including phenoxy) is 2. The summed E-state index contributed by atoms with van der Waals surface area (Å²) in [5.74, 6) is 1.15. The zero-order valence-electron chi connectivity index (χ0n) is 16.0. The highest BCUT2D eigenvalue weighted by atomic mass is 32.2. The van der Waals surface area contributed by atoms with E-state index in [9.17, 15) is 13.2 Å². The first-order chi connectivity index (χ1) is 13.9. The number of nitrogens with one attached hydrogen (secondary N) is 1. The van der Waals surface area contributed by atoms with Crippen molar-refractivity contribution in [2.75, 3.05) is 44.7 Å². The number of amides is 1. The van der Waals surface area contributed by atoms with Crippen molar-refractivity contribution >= 4 is 33.0 Å². The third kappa shape index (κ3) is 4.25. The van der Waals surface area contributed by atoms with Gasteiger partial charge in [0.25, 0.3) is 10.0 Å². The van der Waals surface area contributed by atoms with Crippen LogP contribution in [0.1, 0.15) is 6.92 Å². The summed E-state index contributed by atoms with van der Waals surface area (Å²) in [5.41, 5.74) is 0.644. The molecule has 2 aromatic rings. The van der Waals surface area contributed by atoms with Crippen LogP contribution in [0.4, 0.5) is 5.69 Å². The van der Waals surface area contributed by atoms with E-state index in [4.69, 9.17) is 9.47 Å². The number of hydrogen-bond acceptors (Lipinski definition) is 7. The maximum absolute atomic E-state index is 12.7. The monoisotopic (exact) mass is 437 g/mol. The van der Waals surface area contributed by atoms with E-state index in [0.29, 0.717) is 60.8 Å². The molecule has 1 unspecified atom stereocenters. The van der Waals surface area contributed by atoms with Crippen LogP contribution in [-0.4, -0.2) is 69.0 Å². The lowest BCUT2D eigenvalue weighted by molar-refractivity contribution is -0.121. The SMILES string of the molecule is CC(C(=O)Nc1ccc2c(c1)OCCO2)N1CCN(S(=O)(=O)c2cccs2)CC1. The third-order valence-electron chi connectivity index (χ3n) is 5.10. The minimum Gasteiger partial charge on any atom is -0.486 e. The van der Waals surface area contributed by atoms with Crippen molar-refractivity contribution in [1.82, 2.24) is 9.21 Å². The molecule has 0 spiro atoms. The highest BCUT2D eigenvalue weighted by Gasteiger charge is 2.32. The van der Waals surface area contributed by atoms with E-state index in [1.807, 2.05) is 11.8 Å². The fourth-order valence-corrected chi connectivity index (χ4v) is 5.97. The molecule has 4 rings (SSSR count). The van der Waals surface area contributed by atoms with Crippen LogP contribution in [0.5, 0.6) is 11.5 Å². The third-order valence-corrected chi connectivity index (χ3v) is 8.37. The Hall–Kier alpha value is -2.14. The van der Waals surface area contributed by atoms with Crippen LogP contribution < -0.4 is 14.8 Å². The smallest absolute Gasteiger partial charge is 0.252 e. The van der Waals surface area contributed by atoms with Gasteiger partial charge in [-0.3, -0.25) is 9.69 Å². The number of hydrogen-bond donors (Lipinski definition) is 1. The molecule has 156 valence electrons. The first-order valence-electron chi connectivity index (χ1n) is 9.43. The van der Waals surface area contributed by atoms with Crippen LogP contribution in [0.15, 0.2) is 39.9 Å². The van der Waals surface area contributed by atoms with Crippen LogP contribution in [-0.2, 0) is 14.8 Å². The molecule has 2 aliphatic heterocycles. The molecule has 1 aromatic carbocycles. The summed E-state index contributed by atoms with van der Waals surface area (Å²) < 4.78 is 38.2. The number of carbonyl (C=O) groups excluding carboxylic acids is 1. The summed E-state index contributed by atoms with van der Waals surface area (Å²) in [4.78, 5) is 14.7. The van der Waals surface area contributed by atoms with Crippen LogP contribution >= 0.6 is 11.3 Å². The van der Waals surface area contributed by atoms with E-state index in [2.05, 4.69) is 5.32 Å². The second kappa shape index (κ2) is 8.31. The predicted octanol–water partition coefficient (Wildman–Crippen LogP) is 1.85. The topological polar surface area (TPSA) is 88.2 Å². The molecule has 10 heteroatoms. The summed E-state index contributed by atoms with van der Waals surface area (Å²) in [6.45, 7) is 4.56. The summed E-state index contributed by atoms with van der Waals surface area (Å²) in [6, 6.07) is 8.29. The van der Waals surface area contributed by atoms with Crippen LogP contribution in [0, 0.1) is 0 Å². The van der Waals surface area contributed by atoms with Crippen molar-refractivity contribution < 1.29 is 22.7 Å². The number of sulfonamides is 1. The van der Waals surface area contributed by atoms with Gasteiger partial charge in [-0.05, 0) is 30.5 Å². The number of nitrogens with zero attached hydrogens (tertiary/aromatic N) is 2. The molecule has 8 nitrogen and oxygen atoms in total. The van der Waals surface area contributed by atoms with Crippen LogP contribution in [0.3, 0.4) is 0 Å². The Morgan fingerprint density at radius 2 is 1.83 bits per heavy atom. The van der Waals surface area contributed by atoms with E-state index >= 15 is 0 Å². The molecule has 1 atom stereocenters. The van der Waals surface area contributed by atoms with Gasteiger partial charge in [-0.25, -0.2) is 8.42 Å². The number of fused-ring (bicyclic) bond motifs is 1. The molecular formula is C19H23N3O5S2. The van der Waals surface area contributed by atoms with Gasteiger partial charge in [0.15, 0.2) is 11.5 Å². The minimum absolute atomic E-state index is 0.142. The molecule has 0 bridgehead atoms. The maximum Gasteiger partial charge on any atom is 0.252 e. The van der Waals surface area contributed by atoms with Gasteiger partial charge in [-0.15, -0.1) is 11.3 Å². The van der Waals surface area contributed by atoms with Gasteiger partial charge in [0.1, 0.15) is 17.4 Å². The largest absolute Gasteiger partial charge is 0.486 e. The van der Waals surface area contributed by atoms with E-state index in [1.165, 1.54) is 15.6 Å². The Morgan fingerprint density at radius 1 is 1.10 bits per heavy atom. The molecule has 1 N–H and O–H groups in total. The Morgan fingerprint density at radius 3 is 2.52 bits per heavy atom. The number of piperazine rings is 1. The van der Waals surface area contributed by atoms with E-state index in [-0.39, 0.29) is 11.9 Å². The van der Waals surface area contributed by atoms with E-state index in [1.54, 1.807) is 35.7 Å². The summed E-state index contributed by atoms with van der Waals surface area (Å²) >= 11 is 1.22. The average molecular weight is 438 g/mol. The van der Waals surface area contributed by atoms with Gasteiger partial charge in [0.05, 0.1) is 6.04 Å². The van der Waals surface area contributed by atoms with Crippen molar-refractivity contribution in [2.24, 2.45) is 0 Å². The summed E-state index contributed by atoms with van der Waals surface area (Å²) in [5, 5.41) is 4.66. The number of carbonyl (C=O) groups is 1. The van der Waals surface area contributed by atoms with Gasteiger partial charge in [0.2, 0.25) is 5.91 Å². The number of benzene rings is 1. The quantitative estimate of drug-likeness (QED) is 0.768. The van der Waals surface area contributed by atoms with Gasteiger partial charge in [-0.1, -0.05) is 6.07 Å². The zero-order valence-corrected chi connectivity index (χ0v) is 17.7. The molecule has 0 saturated carbocycles. The molecule has 1 fully saturated rings. The van der Waals surface area contributed by atoms with Gasteiger partial charge >= 0.3 is 0 Å². The van der Waals surface area contributed by atoms with E-state index in [0.717, 1.165) is 0 Å². The molecular weight excluding hydrogens is 414 g/mol. The molecule has 1 aromatic heterocycles. The second-order valence-corrected chi connectivity index (χ2v) is 10.0. The number of anilines is 1. The fraction of sp³-hybridized carbons (Fsp3) is 0.421. The lowest BCUT2D eigenvalue weighted by Crippen LogP contribution is -2.53. The molecule has 29 heavy (non-hydrogen) atoms. The molecule has 0 aliphatic carbocycles. The Bertz CT molecular complexity index is 970.